The van der Waals surface area contributed by atoms with E-state index in [-0.39, 0.29) is 11.7 Å². The molecule has 4 heteroatoms. The van der Waals surface area contributed by atoms with Crippen LogP contribution < -0.4 is 5.32 Å². The minimum Gasteiger partial charge on any atom is -0.451 e. The van der Waals surface area contributed by atoms with Gasteiger partial charge >= 0.3 is 0 Å². The highest BCUT2D eigenvalue weighted by Gasteiger charge is 2.15. The second-order valence-corrected chi connectivity index (χ2v) is 6.34. The average Bonchev–Trinajstić information content (AvgIpc) is 3.01. The average molecular weight is 340 g/mol. The maximum atomic E-state index is 12.5. The Bertz CT molecular complexity index is 871. The Morgan fingerprint density at radius 3 is 2.21 bits per heavy atom. The Hall–Kier alpha value is -2.52. The van der Waals surface area contributed by atoms with Crippen molar-refractivity contribution in [3.63, 3.8) is 0 Å². The van der Waals surface area contributed by atoms with Crippen molar-refractivity contribution in [2.45, 2.75) is 20.8 Å². The Kier molecular flexibility index (Phi) is 4.45. The maximum Gasteiger partial charge on any atom is 0.291 e. The molecule has 2 aromatic carbocycles. The molecule has 0 aliphatic heterocycles. The molecule has 0 saturated carbocycles. The van der Waals surface area contributed by atoms with Crippen molar-refractivity contribution in [1.29, 1.82) is 0 Å². The van der Waals surface area contributed by atoms with Gasteiger partial charge in [-0.2, -0.15) is 0 Å². The minimum atomic E-state index is -0.259. The number of benzene rings is 2. The third-order valence-corrected chi connectivity index (χ3v) is 4.13. The first-order chi connectivity index (χ1) is 11.4. The normalized spacial score (nSPS) is 10.7. The summed E-state index contributed by atoms with van der Waals surface area (Å²) in [7, 11) is 0. The number of aryl methyl sites for hydroxylation is 3. The number of furan rings is 1. The van der Waals surface area contributed by atoms with E-state index >= 15 is 0 Å². The molecule has 0 atom stereocenters. The van der Waals surface area contributed by atoms with Crippen molar-refractivity contribution >= 4 is 23.2 Å². The maximum absolute atomic E-state index is 12.5. The van der Waals surface area contributed by atoms with Crippen LogP contribution in [0.2, 0.25) is 5.02 Å². The van der Waals surface area contributed by atoms with Crippen LogP contribution in [0.5, 0.6) is 0 Å². The fourth-order valence-corrected chi connectivity index (χ4v) is 2.91. The lowest BCUT2D eigenvalue weighted by atomic mass is 10.1. The third kappa shape index (κ3) is 3.36. The van der Waals surface area contributed by atoms with Crippen LogP contribution in [0.15, 0.2) is 52.9 Å². The summed E-state index contributed by atoms with van der Waals surface area (Å²) in [6.45, 7) is 6.00. The van der Waals surface area contributed by atoms with E-state index in [0.717, 1.165) is 22.4 Å². The monoisotopic (exact) mass is 339 g/mol. The summed E-state index contributed by atoms with van der Waals surface area (Å²) in [6.07, 6.45) is 0. The van der Waals surface area contributed by atoms with Crippen LogP contribution in [-0.2, 0) is 0 Å². The molecule has 0 spiro atoms. The van der Waals surface area contributed by atoms with Crippen molar-refractivity contribution in [3.05, 3.63) is 76.0 Å². The SMILES string of the molecule is Cc1cc(C)c(NC(=O)c2ccc(-c3ccc(Cl)cc3)o2)c(C)c1. The lowest BCUT2D eigenvalue weighted by molar-refractivity contribution is 0.0997. The minimum absolute atomic E-state index is 0.259. The Balaban J connectivity index is 1.83. The van der Waals surface area contributed by atoms with Gasteiger partial charge in [-0.1, -0.05) is 29.3 Å². The number of hydrogen-bond donors (Lipinski definition) is 1. The first-order valence-electron chi connectivity index (χ1n) is 7.69. The summed E-state index contributed by atoms with van der Waals surface area (Å²) in [5, 5.41) is 3.60. The number of halogens is 1. The quantitative estimate of drug-likeness (QED) is 0.657. The van der Waals surface area contributed by atoms with E-state index in [4.69, 9.17) is 16.0 Å². The summed E-state index contributed by atoms with van der Waals surface area (Å²) in [4.78, 5) is 12.5. The third-order valence-electron chi connectivity index (χ3n) is 3.87. The predicted octanol–water partition coefficient (Wildman–Crippen LogP) is 5.78. The Morgan fingerprint density at radius 2 is 1.58 bits per heavy atom. The second-order valence-electron chi connectivity index (χ2n) is 5.90. The van der Waals surface area contributed by atoms with E-state index in [0.29, 0.717) is 10.8 Å². The van der Waals surface area contributed by atoms with Crippen molar-refractivity contribution in [2.24, 2.45) is 0 Å². The van der Waals surface area contributed by atoms with Gasteiger partial charge in [0.2, 0.25) is 0 Å². The number of nitrogens with one attached hydrogen (secondary N) is 1. The summed E-state index contributed by atoms with van der Waals surface area (Å²) in [6, 6.07) is 14.9. The lowest BCUT2D eigenvalue weighted by Crippen LogP contribution is -2.13. The van der Waals surface area contributed by atoms with Gasteiger partial charge in [0.15, 0.2) is 5.76 Å². The van der Waals surface area contributed by atoms with Crippen molar-refractivity contribution in [1.82, 2.24) is 0 Å². The smallest absolute Gasteiger partial charge is 0.291 e. The van der Waals surface area contributed by atoms with Crippen LogP contribution in [0.25, 0.3) is 11.3 Å². The Morgan fingerprint density at radius 1 is 0.958 bits per heavy atom. The van der Waals surface area contributed by atoms with E-state index in [1.165, 1.54) is 5.56 Å². The number of amides is 1. The van der Waals surface area contributed by atoms with Crippen molar-refractivity contribution in [3.8, 4) is 11.3 Å². The fourth-order valence-electron chi connectivity index (χ4n) is 2.78. The van der Waals surface area contributed by atoms with Gasteiger partial charge in [-0.3, -0.25) is 4.79 Å². The van der Waals surface area contributed by atoms with E-state index in [1.54, 1.807) is 24.3 Å². The molecule has 1 heterocycles. The number of carbonyl (C=O) groups excluding carboxylic acids is 1. The first-order valence-corrected chi connectivity index (χ1v) is 8.07. The Labute approximate surface area is 146 Å². The highest BCUT2D eigenvalue weighted by Crippen LogP contribution is 2.26. The van der Waals surface area contributed by atoms with Crippen molar-refractivity contribution < 1.29 is 9.21 Å². The van der Waals surface area contributed by atoms with Gasteiger partial charge in [-0.25, -0.2) is 0 Å². The number of anilines is 1. The zero-order valence-corrected chi connectivity index (χ0v) is 14.6. The molecular formula is C20H18ClNO2. The molecule has 1 N–H and O–H groups in total. The largest absolute Gasteiger partial charge is 0.451 e. The molecule has 24 heavy (non-hydrogen) atoms. The lowest BCUT2D eigenvalue weighted by Gasteiger charge is -2.11. The predicted molar refractivity (Wildman–Crippen MR) is 97.8 cm³/mol. The molecule has 0 fully saturated rings. The van der Waals surface area contributed by atoms with Gasteiger partial charge in [-0.05, 0) is 68.3 Å². The van der Waals surface area contributed by atoms with E-state index in [9.17, 15) is 4.79 Å². The van der Waals surface area contributed by atoms with Crippen LogP contribution in [0.3, 0.4) is 0 Å². The number of carbonyl (C=O) groups is 1. The van der Waals surface area contributed by atoms with Gasteiger partial charge < -0.3 is 9.73 Å². The number of hydrogen-bond acceptors (Lipinski definition) is 2. The standard InChI is InChI=1S/C20H18ClNO2/c1-12-10-13(2)19(14(3)11-12)22-20(23)18-9-8-17(24-18)15-4-6-16(21)7-5-15/h4-11H,1-3H3,(H,22,23). The zero-order valence-electron chi connectivity index (χ0n) is 13.8. The zero-order chi connectivity index (χ0) is 17.3. The van der Waals surface area contributed by atoms with Gasteiger partial charge in [-0.15, -0.1) is 0 Å². The van der Waals surface area contributed by atoms with E-state index < -0.39 is 0 Å². The molecular weight excluding hydrogens is 322 g/mol. The molecule has 0 aliphatic carbocycles. The highest BCUT2D eigenvalue weighted by atomic mass is 35.5. The molecule has 3 aromatic rings. The van der Waals surface area contributed by atoms with Crippen LogP contribution in [-0.4, -0.2) is 5.91 Å². The van der Waals surface area contributed by atoms with Gasteiger partial charge in [0, 0.05) is 16.3 Å². The number of rotatable bonds is 3. The topological polar surface area (TPSA) is 42.2 Å². The van der Waals surface area contributed by atoms with Crippen LogP contribution in [0.4, 0.5) is 5.69 Å². The van der Waals surface area contributed by atoms with Crippen LogP contribution >= 0.6 is 11.6 Å². The summed E-state index contributed by atoms with van der Waals surface area (Å²) in [5.41, 5.74) is 4.94. The molecule has 3 nitrogen and oxygen atoms in total. The molecule has 0 bridgehead atoms. The summed E-state index contributed by atoms with van der Waals surface area (Å²) >= 11 is 5.89. The first kappa shape index (κ1) is 16.3. The molecule has 0 unspecified atom stereocenters. The highest BCUT2D eigenvalue weighted by molar-refractivity contribution is 6.30. The fraction of sp³-hybridized carbons (Fsp3) is 0.150. The molecule has 3 rings (SSSR count). The van der Waals surface area contributed by atoms with Crippen molar-refractivity contribution in [2.75, 3.05) is 5.32 Å². The van der Waals surface area contributed by atoms with Gasteiger partial charge in [0.05, 0.1) is 0 Å². The van der Waals surface area contributed by atoms with E-state index in [2.05, 4.69) is 5.32 Å². The van der Waals surface area contributed by atoms with Gasteiger partial charge in [0.1, 0.15) is 5.76 Å². The molecule has 1 aromatic heterocycles. The van der Waals surface area contributed by atoms with E-state index in [1.807, 2.05) is 45.0 Å². The summed E-state index contributed by atoms with van der Waals surface area (Å²) in [5.74, 6) is 0.652. The summed E-state index contributed by atoms with van der Waals surface area (Å²) < 4.78 is 5.69. The molecule has 0 aliphatic rings. The molecule has 0 saturated heterocycles. The molecule has 1 amide bonds. The second kappa shape index (κ2) is 6.54. The van der Waals surface area contributed by atoms with Crippen LogP contribution in [0.1, 0.15) is 27.2 Å². The molecule has 0 radical (unpaired) electrons. The van der Waals surface area contributed by atoms with Gasteiger partial charge in [0.25, 0.3) is 5.91 Å². The molecule has 122 valence electrons. The van der Waals surface area contributed by atoms with Crippen LogP contribution in [0, 0.1) is 20.8 Å².